The van der Waals surface area contributed by atoms with Gasteiger partial charge in [0, 0.05) is 12.1 Å². The number of benzene rings is 1. The second-order valence-electron chi connectivity index (χ2n) is 4.15. The summed E-state index contributed by atoms with van der Waals surface area (Å²) in [6.45, 7) is 2.76. The number of carbonyl (C=O) groups excluding carboxylic acids is 1. The van der Waals surface area contributed by atoms with Crippen LogP contribution < -0.4 is 0 Å². The van der Waals surface area contributed by atoms with Gasteiger partial charge in [0.05, 0.1) is 12.6 Å². The smallest absolute Gasteiger partial charge is 0.254 e. The summed E-state index contributed by atoms with van der Waals surface area (Å²) in [5, 5.41) is 9.25. The van der Waals surface area contributed by atoms with Crippen LogP contribution in [0.5, 0.6) is 0 Å². The molecule has 0 unspecified atom stereocenters. The zero-order valence-corrected chi connectivity index (χ0v) is 9.52. The van der Waals surface area contributed by atoms with E-state index in [0.717, 1.165) is 30.5 Å². The lowest BCUT2D eigenvalue weighted by Gasteiger charge is -2.34. The molecule has 1 aromatic rings. The number of hydrogen-bond acceptors (Lipinski definition) is 2. The number of hydrogen-bond donors (Lipinski definition) is 1. The number of amides is 1. The predicted octanol–water partition coefficient (Wildman–Crippen LogP) is 1.46. The maximum absolute atomic E-state index is 12.2. The molecule has 0 aliphatic carbocycles. The van der Waals surface area contributed by atoms with Gasteiger partial charge in [0.15, 0.2) is 0 Å². The fraction of sp³-hybridized carbons (Fsp3) is 0.462. The highest BCUT2D eigenvalue weighted by molar-refractivity contribution is 5.96. The van der Waals surface area contributed by atoms with E-state index < -0.39 is 0 Å². The SMILES string of the molecule is CC[C@@H](CO)N1CCc2ccccc2C1=O. The van der Waals surface area contributed by atoms with Gasteiger partial charge in [-0.15, -0.1) is 0 Å². The number of fused-ring (bicyclic) bond motifs is 1. The van der Waals surface area contributed by atoms with E-state index >= 15 is 0 Å². The molecule has 1 aromatic carbocycles. The number of carbonyl (C=O) groups is 1. The van der Waals surface area contributed by atoms with Crippen molar-refractivity contribution in [2.45, 2.75) is 25.8 Å². The Labute approximate surface area is 95.7 Å². The molecular formula is C13H17NO2. The van der Waals surface area contributed by atoms with Crippen LogP contribution >= 0.6 is 0 Å². The lowest BCUT2D eigenvalue weighted by atomic mass is 9.97. The maximum atomic E-state index is 12.2. The van der Waals surface area contributed by atoms with Gasteiger partial charge in [-0.2, -0.15) is 0 Å². The first-order valence-corrected chi connectivity index (χ1v) is 5.77. The second kappa shape index (κ2) is 4.66. The Hall–Kier alpha value is -1.35. The highest BCUT2D eigenvalue weighted by Crippen LogP contribution is 2.21. The number of rotatable bonds is 3. The van der Waals surface area contributed by atoms with Crippen molar-refractivity contribution in [3.63, 3.8) is 0 Å². The minimum atomic E-state index is -0.0409. The van der Waals surface area contributed by atoms with Crippen LogP contribution in [0.1, 0.15) is 29.3 Å². The molecule has 0 radical (unpaired) electrons. The van der Waals surface area contributed by atoms with Gasteiger partial charge in [0.1, 0.15) is 0 Å². The molecule has 1 atom stereocenters. The van der Waals surface area contributed by atoms with Crippen molar-refractivity contribution in [3.8, 4) is 0 Å². The average molecular weight is 219 g/mol. The van der Waals surface area contributed by atoms with Crippen molar-refractivity contribution in [2.24, 2.45) is 0 Å². The quantitative estimate of drug-likeness (QED) is 0.836. The third-order valence-corrected chi connectivity index (χ3v) is 3.25. The lowest BCUT2D eigenvalue weighted by Crippen LogP contribution is -2.46. The molecule has 0 spiro atoms. The second-order valence-corrected chi connectivity index (χ2v) is 4.15. The zero-order valence-electron chi connectivity index (χ0n) is 9.52. The van der Waals surface area contributed by atoms with Gasteiger partial charge in [-0.3, -0.25) is 4.79 Å². The third kappa shape index (κ3) is 1.83. The van der Waals surface area contributed by atoms with Crippen LogP contribution in [0.3, 0.4) is 0 Å². The van der Waals surface area contributed by atoms with Gasteiger partial charge in [0.2, 0.25) is 0 Å². The predicted molar refractivity (Wildman–Crippen MR) is 62.3 cm³/mol. The Bertz CT molecular complexity index is 385. The van der Waals surface area contributed by atoms with Gasteiger partial charge in [-0.1, -0.05) is 25.1 Å². The molecule has 0 aromatic heterocycles. The van der Waals surface area contributed by atoms with Crippen LogP contribution in [0, 0.1) is 0 Å². The molecule has 1 heterocycles. The van der Waals surface area contributed by atoms with Gasteiger partial charge in [0.25, 0.3) is 5.91 Å². The van der Waals surface area contributed by atoms with Gasteiger partial charge in [-0.25, -0.2) is 0 Å². The summed E-state index contributed by atoms with van der Waals surface area (Å²) in [4.78, 5) is 14.0. The Kier molecular flexibility index (Phi) is 3.25. The molecule has 3 nitrogen and oxygen atoms in total. The normalized spacial score (nSPS) is 17.1. The summed E-state index contributed by atoms with van der Waals surface area (Å²) in [5.41, 5.74) is 1.91. The Morgan fingerprint density at radius 3 is 2.88 bits per heavy atom. The van der Waals surface area contributed by atoms with Gasteiger partial charge in [-0.05, 0) is 24.5 Å². The molecular weight excluding hydrogens is 202 g/mol. The van der Waals surface area contributed by atoms with Crippen molar-refractivity contribution in [1.82, 2.24) is 4.90 Å². The molecule has 0 fully saturated rings. The van der Waals surface area contributed by atoms with E-state index in [1.54, 1.807) is 4.90 Å². The Balaban J connectivity index is 2.27. The first-order valence-electron chi connectivity index (χ1n) is 5.77. The summed E-state index contributed by atoms with van der Waals surface area (Å²) >= 11 is 0. The molecule has 0 saturated carbocycles. The van der Waals surface area contributed by atoms with Crippen LogP contribution in [0.25, 0.3) is 0 Å². The molecule has 1 aliphatic heterocycles. The van der Waals surface area contributed by atoms with E-state index in [2.05, 4.69) is 0 Å². The molecule has 1 aliphatic rings. The van der Waals surface area contributed by atoms with Crippen molar-refractivity contribution < 1.29 is 9.90 Å². The molecule has 0 saturated heterocycles. The van der Waals surface area contributed by atoms with Crippen LogP contribution in [-0.4, -0.2) is 35.1 Å². The lowest BCUT2D eigenvalue weighted by molar-refractivity contribution is 0.0566. The van der Waals surface area contributed by atoms with Crippen LogP contribution in [0.15, 0.2) is 24.3 Å². The highest BCUT2D eigenvalue weighted by Gasteiger charge is 2.28. The third-order valence-electron chi connectivity index (χ3n) is 3.25. The Morgan fingerprint density at radius 2 is 2.19 bits per heavy atom. The summed E-state index contributed by atoms with van der Waals surface area (Å²) in [7, 11) is 0. The first kappa shape index (κ1) is 11.1. The first-order chi connectivity index (χ1) is 7.77. The highest BCUT2D eigenvalue weighted by atomic mass is 16.3. The standard InChI is InChI=1S/C13H17NO2/c1-2-11(9-15)14-8-7-10-5-3-4-6-12(10)13(14)16/h3-6,11,15H,2,7-9H2,1H3/t11-/m0/s1. The van der Waals surface area contributed by atoms with E-state index in [-0.39, 0.29) is 18.6 Å². The summed E-state index contributed by atoms with van der Waals surface area (Å²) in [5.74, 6) is 0.0581. The molecule has 1 N–H and O–H groups in total. The fourth-order valence-corrected chi connectivity index (χ4v) is 2.24. The summed E-state index contributed by atoms with van der Waals surface area (Å²) in [6, 6.07) is 7.68. The maximum Gasteiger partial charge on any atom is 0.254 e. The van der Waals surface area contributed by atoms with Crippen molar-refractivity contribution >= 4 is 5.91 Å². The van der Waals surface area contributed by atoms with Crippen LogP contribution in [0.4, 0.5) is 0 Å². The van der Waals surface area contributed by atoms with Crippen molar-refractivity contribution in [2.75, 3.05) is 13.2 Å². The monoisotopic (exact) mass is 219 g/mol. The van der Waals surface area contributed by atoms with E-state index in [1.165, 1.54) is 0 Å². The minimum absolute atomic E-state index is 0.0409. The van der Waals surface area contributed by atoms with Gasteiger partial charge < -0.3 is 10.0 Å². The molecule has 1 amide bonds. The van der Waals surface area contributed by atoms with Crippen molar-refractivity contribution in [3.05, 3.63) is 35.4 Å². The summed E-state index contributed by atoms with van der Waals surface area (Å²) in [6.07, 6.45) is 1.68. The minimum Gasteiger partial charge on any atom is -0.394 e. The molecule has 0 bridgehead atoms. The number of nitrogens with zero attached hydrogens (tertiary/aromatic N) is 1. The fourth-order valence-electron chi connectivity index (χ4n) is 2.24. The molecule has 3 heteroatoms. The largest absolute Gasteiger partial charge is 0.394 e. The summed E-state index contributed by atoms with van der Waals surface area (Å²) < 4.78 is 0. The average Bonchev–Trinajstić information content (AvgIpc) is 2.34. The van der Waals surface area contributed by atoms with E-state index in [1.807, 2.05) is 31.2 Å². The Morgan fingerprint density at radius 1 is 1.44 bits per heavy atom. The van der Waals surface area contributed by atoms with Crippen LogP contribution in [0.2, 0.25) is 0 Å². The van der Waals surface area contributed by atoms with Crippen LogP contribution in [-0.2, 0) is 6.42 Å². The topological polar surface area (TPSA) is 40.5 Å². The molecule has 86 valence electrons. The van der Waals surface area contributed by atoms with E-state index in [4.69, 9.17) is 0 Å². The molecule has 2 rings (SSSR count). The van der Waals surface area contributed by atoms with E-state index in [0.29, 0.717) is 0 Å². The number of aliphatic hydroxyl groups is 1. The number of aliphatic hydroxyl groups excluding tert-OH is 1. The van der Waals surface area contributed by atoms with Crippen molar-refractivity contribution in [1.29, 1.82) is 0 Å². The van der Waals surface area contributed by atoms with Gasteiger partial charge >= 0.3 is 0 Å². The van der Waals surface area contributed by atoms with E-state index in [9.17, 15) is 9.90 Å². The zero-order chi connectivity index (χ0) is 11.5. The molecule has 16 heavy (non-hydrogen) atoms.